The molecule has 4 N–H and O–H groups in total. The van der Waals surface area contributed by atoms with E-state index in [-0.39, 0.29) is 32.0 Å². The summed E-state index contributed by atoms with van der Waals surface area (Å²) in [6.07, 6.45) is 4.78. The molecule has 0 radical (unpaired) electrons. The first-order valence-corrected chi connectivity index (χ1v) is 13.5. The van der Waals surface area contributed by atoms with Crippen molar-refractivity contribution in [2.75, 3.05) is 13.7 Å². The number of esters is 2. The highest BCUT2D eigenvalue weighted by atomic mass is 16.6. The van der Waals surface area contributed by atoms with Crippen LogP contribution >= 0.6 is 0 Å². The molecule has 1 aromatic carbocycles. The summed E-state index contributed by atoms with van der Waals surface area (Å²) in [7, 11) is 2.04. The molecule has 218 valence electrons. The molecule has 0 bridgehead atoms. The number of carboxylic acid groups (broad SMARTS) is 1. The van der Waals surface area contributed by atoms with E-state index in [1.54, 1.807) is 41.1 Å². The zero-order chi connectivity index (χ0) is 29.2. The first kappa shape index (κ1) is 30.8. The number of rotatable bonds is 14. The van der Waals surface area contributed by atoms with Crippen LogP contribution in [0.15, 0.2) is 42.9 Å². The summed E-state index contributed by atoms with van der Waals surface area (Å²) in [5.41, 5.74) is 6.44. The zero-order valence-electron chi connectivity index (χ0n) is 23.2. The van der Waals surface area contributed by atoms with E-state index >= 15 is 0 Å². The van der Waals surface area contributed by atoms with Gasteiger partial charge in [-0.1, -0.05) is 37.3 Å². The van der Waals surface area contributed by atoms with E-state index in [0.29, 0.717) is 17.3 Å². The van der Waals surface area contributed by atoms with Gasteiger partial charge in [-0.05, 0) is 33.2 Å². The number of ether oxygens (including phenoxy) is 2. The standard InChI is InChI=1S/C28H39N5O7/c1-4-21-10-11-22(32(21)3)16-39-28(38)25(19-8-6-5-7-9-19)40-24(34)12-13-33-15-20(30-17-33)14-23(27(36)37)31-26(35)18(2)29/h5-9,15,17-18,21-23,25H,4,10-14,16,29H2,1-3H3,(H,31,35)(H,36,37). The van der Waals surface area contributed by atoms with Gasteiger partial charge >= 0.3 is 17.9 Å². The summed E-state index contributed by atoms with van der Waals surface area (Å²) in [4.78, 5) is 55.5. The Labute approximate surface area is 233 Å². The van der Waals surface area contributed by atoms with E-state index in [1.165, 1.54) is 13.3 Å². The van der Waals surface area contributed by atoms with E-state index in [0.717, 1.165) is 19.3 Å². The molecule has 12 nitrogen and oxygen atoms in total. The molecule has 5 atom stereocenters. The summed E-state index contributed by atoms with van der Waals surface area (Å²) in [6.45, 7) is 4.02. The molecule has 1 aliphatic heterocycles. The molecular weight excluding hydrogens is 518 g/mol. The van der Waals surface area contributed by atoms with Gasteiger partial charge in [-0.3, -0.25) is 14.5 Å². The average molecular weight is 558 g/mol. The first-order valence-electron chi connectivity index (χ1n) is 13.5. The average Bonchev–Trinajstić information content (AvgIpc) is 3.54. The summed E-state index contributed by atoms with van der Waals surface area (Å²) in [5.74, 6) is -3.01. The summed E-state index contributed by atoms with van der Waals surface area (Å²) >= 11 is 0. The Bertz CT molecular complexity index is 1150. The Morgan fingerprint density at radius 3 is 2.50 bits per heavy atom. The molecular formula is C28H39N5O7. The minimum Gasteiger partial charge on any atom is -0.480 e. The molecule has 0 aliphatic carbocycles. The molecule has 2 heterocycles. The number of carbonyl (C=O) groups is 4. The quantitative estimate of drug-likeness (QED) is 0.289. The monoisotopic (exact) mass is 557 g/mol. The number of aliphatic carboxylic acids is 1. The van der Waals surface area contributed by atoms with Crippen LogP contribution in [0.5, 0.6) is 0 Å². The van der Waals surface area contributed by atoms with E-state index in [9.17, 15) is 24.3 Å². The van der Waals surface area contributed by atoms with Crippen LogP contribution < -0.4 is 11.1 Å². The van der Waals surface area contributed by atoms with E-state index in [1.807, 2.05) is 7.05 Å². The van der Waals surface area contributed by atoms with Crippen LogP contribution in [0.3, 0.4) is 0 Å². The number of imidazole rings is 1. The number of carbonyl (C=O) groups excluding carboxylic acids is 3. The topological polar surface area (TPSA) is 166 Å². The van der Waals surface area contributed by atoms with Gasteiger partial charge in [0.05, 0.1) is 24.5 Å². The number of likely N-dealkylation sites (tertiary alicyclic amines) is 1. The van der Waals surface area contributed by atoms with Crippen molar-refractivity contribution < 1.29 is 33.8 Å². The van der Waals surface area contributed by atoms with Crippen molar-refractivity contribution in [1.82, 2.24) is 19.8 Å². The van der Waals surface area contributed by atoms with Gasteiger partial charge in [-0.2, -0.15) is 0 Å². The maximum absolute atomic E-state index is 13.0. The number of likely N-dealkylation sites (N-methyl/N-ethyl adjacent to an activating group) is 1. The van der Waals surface area contributed by atoms with Crippen molar-refractivity contribution in [3.63, 3.8) is 0 Å². The molecule has 5 unspecified atom stereocenters. The number of nitrogens with zero attached hydrogens (tertiary/aromatic N) is 3. The molecule has 0 saturated carbocycles. The SMILES string of the molecule is CCC1CCC(COC(=O)C(OC(=O)CCn2cnc(CC(NC(=O)C(C)N)C(=O)O)c2)c2ccccc2)N1C. The molecule has 2 aromatic rings. The van der Waals surface area contributed by atoms with Crippen molar-refractivity contribution in [1.29, 1.82) is 0 Å². The smallest absolute Gasteiger partial charge is 0.352 e. The molecule has 1 aliphatic rings. The van der Waals surface area contributed by atoms with Crippen molar-refractivity contribution >= 4 is 23.8 Å². The van der Waals surface area contributed by atoms with Gasteiger partial charge in [0.15, 0.2) is 0 Å². The van der Waals surface area contributed by atoms with Crippen LogP contribution in [0, 0.1) is 0 Å². The van der Waals surface area contributed by atoms with E-state index < -0.39 is 42.0 Å². The van der Waals surface area contributed by atoms with Crippen LogP contribution in [0.1, 0.15) is 56.9 Å². The molecule has 12 heteroatoms. The molecule has 1 saturated heterocycles. The Balaban J connectivity index is 1.56. The minimum atomic E-state index is -1.21. The lowest BCUT2D eigenvalue weighted by Crippen LogP contribution is -2.48. The number of aromatic nitrogens is 2. The van der Waals surface area contributed by atoms with Gasteiger partial charge in [0.1, 0.15) is 12.6 Å². The normalized spacial score (nSPS) is 19.4. The number of aryl methyl sites for hydroxylation is 1. The summed E-state index contributed by atoms with van der Waals surface area (Å²) in [5, 5.41) is 11.8. The highest BCUT2D eigenvalue weighted by Crippen LogP contribution is 2.26. The van der Waals surface area contributed by atoms with Gasteiger partial charge in [0, 0.05) is 36.8 Å². The van der Waals surface area contributed by atoms with Crippen LogP contribution in [0.2, 0.25) is 0 Å². The maximum atomic E-state index is 13.0. The lowest BCUT2D eigenvalue weighted by atomic mass is 10.1. The largest absolute Gasteiger partial charge is 0.480 e. The molecule has 1 fully saturated rings. The van der Waals surface area contributed by atoms with E-state index in [2.05, 4.69) is 22.1 Å². The van der Waals surface area contributed by atoms with Crippen molar-refractivity contribution in [3.05, 3.63) is 54.1 Å². The second-order valence-electron chi connectivity index (χ2n) is 10.1. The fraction of sp³-hybridized carbons (Fsp3) is 0.536. The highest BCUT2D eigenvalue weighted by molar-refractivity contribution is 5.86. The Morgan fingerprint density at radius 2 is 1.88 bits per heavy atom. The number of hydrogen-bond acceptors (Lipinski definition) is 9. The van der Waals surface area contributed by atoms with Crippen LogP contribution in [0.25, 0.3) is 0 Å². The van der Waals surface area contributed by atoms with Crippen molar-refractivity contribution in [3.8, 4) is 0 Å². The van der Waals surface area contributed by atoms with Crippen LogP contribution in [0.4, 0.5) is 0 Å². The number of hydrogen-bond donors (Lipinski definition) is 3. The fourth-order valence-electron chi connectivity index (χ4n) is 4.67. The maximum Gasteiger partial charge on any atom is 0.352 e. The molecule has 3 rings (SSSR count). The summed E-state index contributed by atoms with van der Waals surface area (Å²) in [6, 6.07) is 7.30. The number of benzene rings is 1. The molecule has 1 aromatic heterocycles. The number of carboxylic acids is 1. The van der Waals surface area contributed by atoms with Crippen molar-refractivity contribution in [2.24, 2.45) is 5.73 Å². The van der Waals surface area contributed by atoms with Crippen LogP contribution in [-0.4, -0.2) is 81.2 Å². The lowest BCUT2D eigenvalue weighted by molar-refractivity contribution is -0.169. The second kappa shape index (κ2) is 14.6. The highest BCUT2D eigenvalue weighted by Gasteiger charge is 2.32. The van der Waals surface area contributed by atoms with E-state index in [4.69, 9.17) is 15.2 Å². The summed E-state index contributed by atoms with van der Waals surface area (Å²) < 4.78 is 12.8. The first-order chi connectivity index (χ1) is 19.1. The Morgan fingerprint density at radius 1 is 1.18 bits per heavy atom. The Hall–Kier alpha value is -3.77. The van der Waals surface area contributed by atoms with Crippen LogP contribution in [-0.2, 0) is 41.6 Å². The fourth-order valence-corrected chi connectivity index (χ4v) is 4.67. The predicted octanol–water partition coefficient (Wildman–Crippen LogP) is 1.43. The minimum absolute atomic E-state index is 0.0532. The number of amides is 1. The third kappa shape index (κ3) is 8.62. The number of nitrogens with one attached hydrogen (secondary N) is 1. The van der Waals surface area contributed by atoms with Gasteiger partial charge in [0.25, 0.3) is 0 Å². The van der Waals surface area contributed by atoms with Gasteiger partial charge < -0.3 is 30.2 Å². The molecule has 40 heavy (non-hydrogen) atoms. The second-order valence-corrected chi connectivity index (χ2v) is 10.1. The molecule has 0 spiro atoms. The number of nitrogens with two attached hydrogens (primary N) is 1. The van der Waals surface area contributed by atoms with Crippen molar-refractivity contribution in [2.45, 2.75) is 82.8 Å². The van der Waals surface area contributed by atoms with Gasteiger partial charge in [-0.25, -0.2) is 14.6 Å². The van der Waals surface area contributed by atoms with Gasteiger partial charge in [-0.15, -0.1) is 0 Å². The third-order valence-corrected chi connectivity index (χ3v) is 7.14. The Kier molecular flexibility index (Phi) is 11.2. The van der Waals surface area contributed by atoms with Gasteiger partial charge in [0.2, 0.25) is 12.0 Å². The molecule has 1 amide bonds. The third-order valence-electron chi connectivity index (χ3n) is 7.14. The predicted molar refractivity (Wildman–Crippen MR) is 145 cm³/mol. The lowest BCUT2D eigenvalue weighted by Gasteiger charge is -2.25. The zero-order valence-corrected chi connectivity index (χ0v) is 23.2.